The number of aromatic nitrogens is 3. The molecule has 2 aromatic heterocycles. The van der Waals surface area contributed by atoms with Gasteiger partial charge in [0.25, 0.3) is 0 Å². The van der Waals surface area contributed by atoms with Crippen LogP contribution in [0.1, 0.15) is 23.0 Å². The molecule has 0 spiro atoms. The maximum atomic E-state index is 12.5. The molecule has 3 aromatic rings. The van der Waals surface area contributed by atoms with Crippen molar-refractivity contribution < 1.29 is 4.79 Å². The first kappa shape index (κ1) is 13.9. The summed E-state index contributed by atoms with van der Waals surface area (Å²) in [5.41, 5.74) is 3.83. The Morgan fingerprint density at radius 1 is 1.26 bits per heavy atom. The van der Waals surface area contributed by atoms with Crippen molar-refractivity contribution in [1.82, 2.24) is 25.6 Å². The summed E-state index contributed by atoms with van der Waals surface area (Å²) in [6, 6.07) is 9.49. The van der Waals surface area contributed by atoms with Gasteiger partial charge in [-0.1, -0.05) is 18.2 Å². The van der Waals surface area contributed by atoms with Gasteiger partial charge in [0, 0.05) is 36.8 Å². The second kappa shape index (κ2) is 5.81. The summed E-state index contributed by atoms with van der Waals surface area (Å²) in [7, 11) is 0. The van der Waals surface area contributed by atoms with Crippen molar-refractivity contribution in [3.63, 3.8) is 0 Å². The normalized spacial score (nSPS) is 17.0. The minimum atomic E-state index is -0.391. The van der Waals surface area contributed by atoms with Gasteiger partial charge in [0.15, 0.2) is 0 Å². The molecular weight excluding hydrogens is 290 g/mol. The topological polar surface area (TPSA) is 82.7 Å². The van der Waals surface area contributed by atoms with E-state index in [-0.39, 0.29) is 5.91 Å². The van der Waals surface area contributed by atoms with Crippen molar-refractivity contribution >= 4 is 16.8 Å². The predicted molar refractivity (Wildman–Crippen MR) is 86.6 cm³/mol. The van der Waals surface area contributed by atoms with Crippen LogP contribution in [0.2, 0.25) is 0 Å². The highest BCUT2D eigenvalue weighted by Gasteiger charge is 2.28. The average molecular weight is 307 g/mol. The lowest BCUT2D eigenvalue weighted by Gasteiger charge is -2.22. The third-order valence-electron chi connectivity index (χ3n) is 4.20. The third-order valence-corrected chi connectivity index (χ3v) is 4.20. The van der Waals surface area contributed by atoms with Gasteiger partial charge in [0.1, 0.15) is 6.04 Å². The SMILES string of the molecule is O=C(NCc1ccnc2ccccc12)[C@H]1NCCc2[nH]cnc21. The highest BCUT2D eigenvalue weighted by Crippen LogP contribution is 2.20. The molecule has 6 heteroatoms. The predicted octanol–water partition coefficient (Wildman–Crippen LogP) is 1.46. The first-order chi connectivity index (χ1) is 11.3. The van der Waals surface area contributed by atoms with Crippen molar-refractivity contribution in [1.29, 1.82) is 0 Å². The lowest BCUT2D eigenvalue weighted by atomic mass is 10.0. The molecule has 0 saturated carbocycles. The zero-order valence-corrected chi connectivity index (χ0v) is 12.5. The Morgan fingerprint density at radius 2 is 2.17 bits per heavy atom. The number of para-hydroxylation sites is 1. The molecule has 0 aliphatic carbocycles. The number of pyridine rings is 1. The van der Waals surface area contributed by atoms with Gasteiger partial charge in [-0.3, -0.25) is 9.78 Å². The van der Waals surface area contributed by atoms with Crippen LogP contribution in [0, 0.1) is 0 Å². The molecule has 1 amide bonds. The number of carbonyl (C=O) groups excluding carboxylic acids is 1. The van der Waals surface area contributed by atoms with E-state index < -0.39 is 6.04 Å². The van der Waals surface area contributed by atoms with E-state index in [0.29, 0.717) is 6.54 Å². The van der Waals surface area contributed by atoms with Gasteiger partial charge in [-0.2, -0.15) is 0 Å². The van der Waals surface area contributed by atoms with Gasteiger partial charge in [-0.25, -0.2) is 4.98 Å². The van der Waals surface area contributed by atoms with Gasteiger partial charge < -0.3 is 15.6 Å². The van der Waals surface area contributed by atoms with Crippen LogP contribution in [0.3, 0.4) is 0 Å². The van der Waals surface area contributed by atoms with Gasteiger partial charge in [-0.05, 0) is 17.7 Å². The lowest BCUT2D eigenvalue weighted by molar-refractivity contribution is -0.123. The number of imidazole rings is 1. The average Bonchev–Trinajstić information content (AvgIpc) is 3.08. The lowest BCUT2D eigenvalue weighted by Crippen LogP contribution is -2.41. The molecule has 23 heavy (non-hydrogen) atoms. The molecule has 0 saturated heterocycles. The zero-order valence-electron chi connectivity index (χ0n) is 12.5. The van der Waals surface area contributed by atoms with Gasteiger partial charge in [-0.15, -0.1) is 0 Å². The van der Waals surface area contributed by atoms with Gasteiger partial charge >= 0.3 is 0 Å². The third kappa shape index (κ3) is 2.57. The molecule has 0 bridgehead atoms. The number of amides is 1. The van der Waals surface area contributed by atoms with E-state index in [9.17, 15) is 4.79 Å². The number of hydrogen-bond donors (Lipinski definition) is 3. The Labute approximate surface area is 133 Å². The Balaban J connectivity index is 1.52. The smallest absolute Gasteiger partial charge is 0.243 e. The minimum Gasteiger partial charge on any atom is -0.350 e. The summed E-state index contributed by atoms with van der Waals surface area (Å²) >= 11 is 0. The second-order valence-corrected chi connectivity index (χ2v) is 5.61. The molecule has 0 unspecified atom stereocenters. The molecule has 1 aliphatic rings. The van der Waals surface area contributed by atoms with Crippen LogP contribution in [0.5, 0.6) is 0 Å². The summed E-state index contributed by atoms with van der Waals surface area (Å²) in [6.07, 6.45) is 4.29. The quantitative estimate of drug-likeness (QED) is 0.684. The van der Waals surface area contributed by atoms with Crippen molar-refractivity contribution in [2.75, 3.05) is 6.54 Å². The Bertz CT molecular complexity index is 852. The molecule has 0 fully saturated rings. The van der Waals surface area contributed by atoms with Crippen LogP contribution in [-0.2, 0) is 17.8 Å². The molecular formula is C17H17N5O. The molecule has 6 nitrogen and oxygen atoms in total. The largest absolute Gasteiger partial charge is 0.350 e. The zero-order chi connectivity index (χ0) is 15.6. The minimum absolute atomic E-state index is 0.0565. The number of nitrogens with zero attached hydrogens (tertiary/aromatic N) is 2. The van der Waals surface area contributed by atoms with E-state index in [1.54, 1.807) is 12.5 Å². The van der Waals surface area contributed by atoms with Gasteiger partial charge in [0.2, 0.25) is 5.91 Å². The van der Waals surface area contributed by atoms with E-state index in [1.807, 2.05) is 30.3 Å². The summed E-state index contributed by atoms with van der Waals surface area (Å²) in [6.45, 7) is 1.24. The number of aromatic amines is 1. The van der Waals surface area contributed by atoms with Crippen LogP contribution >= 0.6 is 0 Å². The van der Waals surface area contributed by atoms with Gasteiger partial charge in [0.05, 0.1) is 17.5 Å². The molecule has 1 atom stereocenters. The Hall–Kier alpha value is -2.73. The second-order valence-electron chi connectivity index (χ2n) is 5.61. The van der Waals surface area contributed by atoms with Crippen LogP contribution < -0.4 is 10.6 Å². The van der Waals surface area contributed by atoms with Crippen LogP contribution in [-0.4, -0.2) is 27.4 Å². The van der Waals surface area contributed by atoms with E-state index >= 15 is 0 Å². The van der Waals surface area contributed by atoms with Crippen molar-refractivity contribution in [3.05, 3.63) is 59.8 Å². The fourth-order valence-electron chi connectivity index (χ4n) is 3.03. The molecule has 1 aliphatic heterocycles. The summed E-state index contributed by atoms with van der Waals surface area (Å²) in [5.74, 6) is -0.0565. The number of nitrogens with one attached hydrogen (secondary N) is 3. The summed E-state index contributed by atoms with van der Waals surface area (Å²) in [5, 5.41) is 7.30. The summed E-state index contributed by atoms with van der Waals surface area (Å²) < 4.78 is 0. The first-order valence-corrected chi connectivity index (χ1v) is 7.69. The Morgan fingerprint density at radius 3 is 3.13 bits per heavy atom. The Kier molecular flexibility index (Phi) is 3.51. The van der Waals surface area contributed by atoms with Crippen molar-refractivity contribution in [3.8, 4) is 0 Å². The number of carbonyl (C=O) groups is 1. The monoisotopic (exact) mass is 307 g/mol. The highest BCUT2D eigenvalue weighted by molar-refractivity contribution is 5.85. The molecule has 0 radical (unpaired) electrons. The number of hydrogen-bond acceptors (Lipinski definition) is 4. The maximum Gasteiger partial charge on any atom is 0.243 e. The van der Waals surface area contributed by atoms with Crippen LogP contribution in [0.15, 0.2) is 42.9 Å². The van der Waals surface area contributed by atoms with Crippen molar-refractivity contribution in [2.24, 2.45) is 0 Å². The fraction of sp³-hybridized carbons (Fsp3) is 0.235. The number of fused-ring (bicyclic) bond motifs is 2. The standard InChI is InChI=1S/C17H17N5O/c23-17(16-15-14(6-8-19-16)21-10-22-15)20-9-11-5-7-18-13-4-2-1-3-12(11)13/h1-5,7,10,16,19H,6,8-9H2,(H,20,23)(H,21,22)/t16-/m0/s1. The van der Waals surface area contributed by atoms with Crippen LogP contribution in [0.25, 0.3) is 10.9 Å². The van der Waals surface area contributed by atoms with E-state index in [1.165, 1.54) is 0 Å². The van der Waals surface area contributed by atoms with E-state index in [0.717, 1.165) is 40.8 Å². The highest BCUT2D eigenvalue weighted by atomic mass is 16.2. The van der Waals surface area contributed by atoms with E-state index in [2.05, 4.69) is 25.6 Å². The number of rotatable bonds is 3. The maximum absolute atomic E-state index is 12.5. The molecule has 1 aromatic carbocycles. The molecule has 116 valence electrons. The molecule has 3 heterocycles. The molecule has 4 rings (SSSR count). The van der Waals surface area contributed by atoms with Crippen LogP contribution in [0.4, 0.5) is 0 Å². The van der Waals surface area contributed by atoms with E-state index in [4.69, 9.17) is 0 Å². The summed E-state index contributed by atoms with van der Waals surface area (Å²) in [4.78, 5) is 24.2. The van der Waals surface area contributed by atoms with Crippen molar-refractivity contribution in [2.45, 2.75) is 19.0 Å². The number of H-pyrrole nitrogens is 1. The molecule has 3 N–H and O–H groups in total. The first-order valence-electron chi connectivity index (χ1n) is 7.69. The fourth-order valence-corrected chi connectivity index (χ4v) is 3.03. The number of benzene rings is 1.